The fourth-order valence-electron chi connectivity index (χ4n) is 3.08. The second-order valence-electron chi connectivity index (χ2n) is 7.97. The maximum Gasteiger partial charge on any atom is 0.268 e. The molecule has 0 saturated heterocycles. The van der Waals surface area contributed by atoms with Crippen LogP contribution in [0.3, 0.4) is 0 Å². The van der Waals surface area contributed by atoms with Crippen LogP contribution < -0.4 is 0 Å². The van der Waals surface area contributed by atoms with Crippen molar-refractivity contribution in [1.29, 1.82) is 0 Å². The number of rotatable bonds is 3. The van der Waals surface area contributed by atoms with Gasteiger partial charge in [-0.15, -0.1) is 10.2 Å². The summed E-state index contributed by atoms with van der Waals surface area (Å²) in [5.74, 6) is 1.60. The molecule has 0 spiro atoms. The third-order valence-corrected chi connectivity index (χ3v) is 5.71. The molecule has 0 aliphatic carbocycles. The molecule has 0 fully saturated rings. The normalized spacial score (nSPS) is 11.8. The minimum absolute atomic E-state index is 0.254. The summed E-state index contributed by atoms with van der Waals surface area (Å²) in [4.78, 5) is 4.86. The highest BCUT2D eigenvalue weighted by molar-refractivity contribution is 9.10. The van der Waals surface area contributed by atoms with Crippen LogP contribution in [0.5, 0.6) is 0 Å². The molecule has 0 atom stereocenters. The van der Waals surface area contributed by atoms with Gasteiger partial charge in [0.1, 0.15) is 11.5 Å². The Kier molecular flexibility index (Phi) is 5.51. The Balaban J connectivity index is 1.95. The summed E-state index contributed by atoms with van der Waals surface area (Å²) in [6, 6.07) is 13.3. The molecule has 0 N–H and O–H groups in total. The zero-order valence-corrected chi connectivity index (χ0v) is 20.0. The molecule has 0 unspecified atom stereocenters. The van der Waals surface area contributed by atoms with Gasteiger partial charge in [0.05, 0.1) is 10.7 Å². The summed E-state index contributed by atoms with van der Waals surface area (Å²) in [5, 5.41) is 9.54. The van der Waals surface area contributed by atoms with Crippen molar-refractivity contribution in [3.63, 3.8) is 0 Å². The van der Waals surface area contributed by atoms with E-state index in [0.29, 0.717) is 33.3 Å². The Morgan fingerprint density at radius 1 is 1.00 bits per heavy atom. The van der Waals surface area contributed by atoms with Crippen LogP contribution in [0.15, 0.2) is 51.4 Å². The van der Waals surface area contributed by atoms with Gasteiger partial charge in [0.15, 0.2) is 0 Å². The van der Waals surface area contributed by atoms with Crippen LogP contribution in [-0.4, -0.2) is 19.7 Å². The minimum Gasteiger partial charge on any atom is -0.419 e. The Labute approximate surface area is 193 Å². The van der Waals surface area contributed by atoms with E-state index in [1.807, 2.05) is 62.6 Å². The maximum atomic E-state index is 6.52. The maximum absolute atomic E-state index is 6.52. The number of nitrogens with zero attached hydrogens (tertiary/aromatic N) is 4. The SMILES string of the molecule is Cc1c(-c2nnc(C(C)(C)C)o2)nc(-c2ccc(Cl)cc2Cl)n1-c1ccc(Br)cc1. The van der Waals surface area contributed by atoms with Gasteiger partial charge in [0.2, 0.25) is 5.89 Å². The number of imidazole rings is 1. The monoisotopic (exact) mass is 504 g/mol. The first-order valence-electron chi connectivity index (χ1n) is 9.30. The van der Waals surface area contributed by atoms with Gasteiger partial charge in [-0.1, -0.05) is 59.9 Å². The highest BCUT2D eigenvalue weighted by atomic mass is 79.9. The van der Waals surface area contributed by atoms with E-state index in [-0.39, 0.29) is 5.41 Å². The molecule has 5 nitrogen and oxygen atoms in total. The molecular weight excluding hydrogens is 487 g/mol. The van der Waals surface area contributed by atoms with Crippen LogP contribution in [0.2, 0.25) is 10.0 Å². The van der Waals surface area contributed by atoms with Crippen LogP contribution in [-0.2, 0) is 5.41 Å². The van der Waals surface area contributed by atoms with Crippen LogP contribution >= 0.6 is 39.1 Å². The first-order chi connectivity index (χ1) is 14.1. The van der Waals surface area contributed by atoms with Gasteiger partial charge < -0.3 is 4.42 Å². The summed E-state index contributed by atoms with van der Waals surface area (Å²) in [6.45, 7) is 8.04. The van der Waals surface area contributed by atoms with Gasteiger partial charge in [-0.05, 0) is 49.4 Å². The van der Waals surface area contributed by atoms with Crippen molar-refractivity contribution in [1.82, 2.24) is 19.7 Å². The fourth-order valence-corrected chi connectivity index (χ4v) is 3.84. The van der Waals surface area contributed by atoms with Crippen LogP contribution in [0.4, 0.5) is 0 Å². The number of hydrogen-bond donors (Lipinski definition) is 0. The molecule has 0 bridgehead atoms. The van der Waals surface area contributed by atoms with E-state index in [1.165, 1.54) is 0 Å². The largest absolute Gasteiger partial charge is 0.419 e. The van der Waals surface area contributed by atoms with Gasteiger partial charge in [-0.3, -0.25) is 4.57 Å². The van der Waals surface area contributed by atoms with Crippen molar-refractivity contribution in [2.24, 2.45) is 0 Å². The summed E-state index contributed by atoms with van der Waals surface area (Å²) in [7, 11) is 0. The zero-order valence-electron chi connectivity index (χ0n) is 16.9. The van der Waals surface area contributed by atoms with Crippen molar-refractivity contribution in [2.45, 2.75) is 33.1 Å². The average molecular weight is 506 g/mol. The van der Waals surface area contributed by atoms with E-state index in [4.69, 9.17) is 32.6 Å². The molecule has 2 aromatic heterocycles. The number of hydrogen-bond acceptors (Lipinski definition) is 4. The standard InChI is InChI=1S/C22H19BrCl2N4O/c1-12-18(20-27-28-21(30-20)22(2,3)4)26-19(16-10-7-14(24)11-17(16)25)29(12)15-8-5-13(23)6-9-15/h5-11H,1-4H3. The second-order valence-corrected chi connectivity index (χ2v) is 9.73. The van der Waals surface area contributed by atoms with Gasteiger partial charge in [0.25, 0.3) is 5.89 Å². The molecule has 4 rings (SSSR count). The Bertz CT molecular complexity index is 1220. The lowest BCUT2D eigenvalue weighted by atomic mass is 9.97. The van der Waals surface area contributed by atoms with Crippen molar-refractivity contribution < 1.29 is 4.42 Å². The first kappa shape index (κ1) is 21.1. The van der Waals surface area contributed by atoms with Crippen LogP contribution in [0, 0.1) is 6.92 Å². The smallest absolute Gasteiger partial charge is 0.268 e. The summed E-state index contributed by atoms with van der Waals surface area (Å²) in [5.41, 5.74) is 2.92. The van der Waals surface area contributed by atoms with E-state index in [0.717, 1.165) is 21.4 Å². The third kappa shape index (κ3) is 3.92. The lowest BCUT2D eigenvalue weighted by Crippen LogP contribution is -2.11. The molecular formula is C22H19BrCl2N4O. The van der Waals surface area contributed by atoms with Crippen LogP contribution in [0.1, 0.15) is 32.4 Å². The molecule has 0 aliphatic heterocycles. The quantitative estimate of drug-likeness (QED) is 0.294. The lowest BCUT2D eigenvalue weighted by Gasteiger charge is -2.12. The van der Waals surface area contributed by atoms with Gasteiger partial charge in [-0.2, -0.15) is 0 Å². The second kappa shape index (κ2) is 7.84. The first-order valence-corrected chi connectivity index (χ1v) is 10.8. The van der Waals surface area contributed by atoms with Crippen molar-refractivity contribution in [3.05, 3.63) is 68.6 Å². The highest BCUT2D eigenvalue weighted by Crippen LogP contribution is 2.36. The van der Waals surface area contributed by atoms with Crippen molar-refractivity contribution in [3.8, 4) is 28.7 Å². The van der Waals surface area contributed by atoms with Gasteiger partial charge in [0, 0.05) is 26.2 Å². The van der Waals surface area contributed by atoms with Crippen molar-refractivity contribution in [2.75, 3.05) is 0 Å². The zero-order chi connectivity index (χ0) is 21.6. The predicted molar refractivity (Wildman–Crippen MR) is 123 cm³/mol. The number of aromatic nitrogens is 4. The third-order valence-electron chi connectivity index (χ3n) is 4.63. The topological polar surface area (TPSA) is 56.7 Å². The summed E-state index contributed by atoms with van der Waals surface area (Å²) >= 11 is 16.1. The average Bonchev–Trinajstić information content (AvgIpc) is 3.28. The fraction of sp³-hybridized carbons (Fsp3) is 0.227. The molecule has 2 heterocycles. The van der Waals surface area contributed by atoms with E-state index >= 15 is 0 Å². The molecule has 0 amide bonds. The minimum atomic E-state index is -0.254. The molecule has 0 aliphatic rings. The Morgan fingerprint density at radius 2 is 1.70 bits per heavy atom. The number of halogens is 3. The molecule has 30 heavy (non-hydrogen) atoms. The Hall–Kier alpha value is -2.15. The van der Waals surface area contributed by atoms with Gasteiger partial charge in [-0.25, -0.2) is 4.98 Å². The predicted octanol–water partition coefficient (Wildman–Crippen LogP) is 7.26. The van der Waals surface area contributed by atoms with E-state index in [2.05, 4.69) is 26.1 Å². The van der Waals surface area contributed by atoms with Gasteiger partial charge >= 0.3 is 0 Å². The molecule has 4 aromatic rings. The summed E-state index contributed by atoms with van der Waals surface area (Å²) < 4.78 is 8.98. The summed E-state index contributed by atoms with van der Waals surface area (Å²) in [6.07, 6.45) is 0. The molecule has 154 valence electrons. The van der Waals surface area contributed by atoms with Crippen LogP contribution in [0.25, 0.3) is 28.7 Å². The number of benzene rings is 2. The van der Waals surface area contributed by atoms with E-state index in [9.17, 15) is 0 Å². The molecule has 2 aromatic carbocycles. The highest BCUT2D eigenvalue weighted by Gasteiger charge is 2.26. The van der Waals surface area contributed by atoms with E-state index < -0.39 is 0 Å². The van der Waals surface area contributed by atoms with E-state index in [1.54, 1.807) is 12.1 Å². The molecule has 0 radical (unpaired) electrons. The molecule has 0 saturated carbocycles. The van der Waals surface area contributed by atoms with Crippen molar-refractivity contribution >= 4 is 39.1 Å². The molecule has 8 heteroatoms. The lowest BCUT2D eigenvalue weighted by molar-refractivity contribution is 0.398. The Morgan fingerprint density at radius 3 is 2.30 bits per heavy atom.